The average Bonchev–Trinajstić information content (AvgIpc) is 2.91. The Morgan fingerprint density at radius 3 is 2.70 bits per heavy atom. The van der Waals surface area contributed by atoms with Crippen molar-refractivity contribution in [2.75, 3.05) is 23.0 Å². The number of hydrogen-bond acceptors (Lipinski definition) is 6. The zero-order valence-corrected chi connectivity index (χ0v) is 18.9. The Balaban J connectivity index is 1.75. The fraction of sp³-hybridized carbons (Fsp3) is 0.227. The average molecular weight is 498 g/mol. The summed E-state index contributed by atoms with van der Waals surface area (Å²) in [6, 6.07) is 10.3. The second-order valence-electron chi connectivity index (χ2n) is 6.77. The summed E-state index contributed by atoms with van der Waals surface area (Å²) in [6.07, 6.45) is -3.10. The number of hydrogen-bond donors (Lipinski definition) is 2. The predicted molar refractivity (Wildman–Crippen MR) is 124 cm³/mol. The van der Waals surface area contributed by atoms with E-state index >= 15 is 0 Å². The predicted octanol–water partition coefficient (Wildman–Crippen LogP) is 6.02. The summed E-state index contributed by atoms with van der Waals surface area (Å²) in [5, 5.41) is 5.73. The van der Waals surface area contributed by atoms with Crippen LogP contribution in [-0.4, -0.2) is 29.3 Å². The van der Waals surface area contributed by atoms with Crippen LogP contribution in [0, 0.1) is 0 Å². The lowest BCUT2D eigenvalue weighted by molar-refractivity contribution is -0.142. The summed E-state index contributed by atoms with van der Waals surface area (Å²) in [7, 11) is 0. The van der Waals surface area contributed by atoms with E-state index in [-0.39, 0.29) is 29.5 Å². The van der Waals surface area contributed by atoms with Gasteiger partial charge in [-0.25, -0.2) is 4.99 Å². The summed E-state index contributed by atoms with van der Waals surface area (Å²) >= 11 is 6.69. The summed E-state index contributed by atoms with van der Waals surface area (Å²) in [5.41, 5.74) is 0.361. The zero-order valence-electron chi connectivity index (χ0n) is 17.3. The van der Waals surface area contributed by atoms with Crippen molar-refractivity contribution < 1.29 is 27.5 Å². The van der Waals surface area contributed by atoms with Gasteiger partial charge in [0.05, 0.1) is 46.4 Å². The number of thioether (sulfide) groups is 1. The first kappa shape index (κ1) is 24.7. The Kier molecular flexibility index (Phi) is 8.04. The van der Waals surface area contributed by atoms with E-state index in [1.165, 1.54) is 6.07 Å². The van der Waals surface area contributed by atoms with Crippen molar-refractivity contribution in [1.29, 1.82) is 0 Å². The fourth-order valence-corrected chi connectivity index (χ4v) is 3.82. The number of amides is 1. The monoisotopic (exact) mass is 497 g/mol. The molecule has 0 aromatic heterocycles. The molecule has 0 bridgehead atoms. The van der Waals surface area contributed by atoms with Crippen LogP contribution in [0.4, 0.5) is 30.2 Å². The second-order valence-corrected chi connectivity index (χ2v) is 8.20. The zero-order chi connectivity index (χ0) is 24.0. The van der Waals surface area contributed by atoms with Crippen molar-refractivity contribution in [3.05, 3.63) is 64.8 Å². The fourth-order valence-electron chi connectivity index (χ4n) is 2.91. The molecule has 11 heteroatoms. The van der Waals surface area contributed by atoms with E-state index in [2.05, 4.69) is 15.6 Å². The molecule has 2 aromatic rings. The van der Waals surface area contributed by atoms with E-state index in [1.54, 1.807) is 37.3 Å². The van der Waals surface area contributed by atoms with E-state index in [9.17, 15) is 22.8 Å². The molecule has 1 amide bonds. The standard InChI is InChI=1S/C22H19ClF3N3O3S/c1-2-32-21(31)11-14-10-20(29-18-6-4-3-5-17(18)27-14)33-12-19(30)28-16-8-7-13(23)9-15(16)22(24,25)26/h3-10,27H,2,11-12H2,1H3,(H,28,30). The quantitative estimate of drug-likeness (QED) is 0.477. The second kappa shape index (κ2) is 10.8. The normalized spacial score (nSPS) is 13.1. The number of anilines is 2. The van der Waals surface area contributed by atoms with E-state index < -0.39 is 23.6 Å². The minimum atomic E-state index is -4.67. The van der Waals surface area contributed by atoms with Crippen molar-refractivity contribution in [3.8, 4) is 0 Å². The van der Waals surface area contributed by atoms with E-state index in [0.717, 1.165) is 23.9 Å². The van der Waals surface area contributed by atoms with Crippen LogP contribution < -0.4 is 10.6 Å². The van der Waals surface area contributed by atoms with Crippen LogP contribution >= 0.6 is 23.4 Å². The largest absolute Gasteiger partial charge is 0.466 e. The van der Waals surface area contributed by atoms with E-state index in [0.29, 0.717) is 22.1 Å². The van der Waals surface area contributed by atoms with Gasteiger partial charge in [0.25, 0.3) is 0 Å². The summed E-state index contributed by atoms with van der Waals surface area (Å²) in [5.74, 6) is -1.29. The van der Waals surface area contributed by atoms with Crippen molar-refractivity contribution in [2.24, 2.45) is 4.99 Å². The molecule has 0 radical (unpaired) electrons. The molecule has 2 aromatic carbocycles. The maximum absolute atomic E-state index is 13.3. The van der Waals surface area contributed by atoms with Crippen LogP contribution in [0.2, 0.25) is 5.02 Å². The molecule has 0 saturated carbocycles. The summed E-state index contributed by atoms with van der Waals surface area (Å²) in [4.78, 5) is 28.8. The van der Waals surface area contributed by atoms with Gasteiger partial charge in [0.15, 0.2) is 0 Å². The Labute approximate surface area is 197 Å². The van der Waals surface area contributed by atoms with Gasteiger partial charge in [-0.05, 0) is 43.3 Å². The molecule has 0 spiro atoms. The third-order valence-electron chi connectivity index (χ3n) is 4.28. The minimum Gasteiger partial charge on any atom is -0.466 e. The van der Waals surface area contributed by atoms with Gasteiger partial charge in [0, 0.05) is 10.7 Å². The van der Waals surface area contributed by atoms with Gasteiger partial charge in [0.1, 0.15) is 0 Å². The molecule has 0 aliphatic carbocycles. The summed E-state index contributed by atoms with van der Waals surface area (Å²) in [6.45, 7) is 1.94. The highest BCUT2D eigenvalue weighted by Gasteiger charge is 2.34. The smallest absolute Gasteiger partial charge is 0.418 e. The van der Waals surface area contributed by atoms with Gasteiger partial charge in [-0.2, -0.15) is 13.2 Å². The number of rotatable bonds is 6. The molecule has 1 heterocycles. The lowest BCUT2D eigenvalue weighted by Gasteiger charge is -2.14. The summed E-state index contributed by atoms with van der Waals surface area (Å²) < 4.78 is 44.8. The minimum absolute atomic E-state index is 0.0341. The van der Waals surface area contributed by atoms with Crippen molar-refractivity contribution in [3.63, 3.8) is 0 Å². The number of fused-ring (bicyclic) bond motifs is 1. The Morgan fingerprint density at radius 1 is 1.21 bits per heavy atom. The van der Waals surface area contributed by atoms with Crippen molar-refractivity contribution >= 4 is 57.3 Å². The lowest BCUT2D eigenvalue weighted by atomic mass is 10.1. The van der Waals surface area contributed by atoms with E-state index in [1.807, 2.05) is 0 Å². The van der Waals surface area contributed by atoms with Crippen molar-refractivity contribution in [1.82, 2.24) is 0 Å². The first-order valence-corrected chi connectivity index (χ1v) is 11.1. The van der Waals surface area contributed by atoms with Gasteiger partial charge >= 0.3 is 12.1 Å². The Morgan fingerprint density at radius 2 is 1.97 bits per heavy atom. The highest BCUT2D eigenvalue weighted by Crippen LogP contribution is 2.36. The van der Waals surface area contributed by atoms with Crippen LogP contribution in [-0.2, 0) is 20.5 Å². The lowest BCUT2D eigenvalue weighted by Crippen LogP contribution is -2.19. The SMILES string of the molecule is CCOC(=O)CC1=CC(SCC(=O)Nc2ccc(Cl)cc2C(F)(F)F)=Nc2ccccc2N1. The van der Waals surface area contributed by atoms with Crippen LogP contribution in [0.15, 0.2) is 59.2 Å². The number of carbonyl (C=O) groups is 2. The number of nitrogens with zero attached hydrogens (tertiary/aromatic N) is 1. The molecule has 0 unspecified atom stereocenters. The van der Waals surface area contributed by atoms with Gasteiger partial charge in [0.2, 0.25) is 5.91 Å². The number of nitrogens with one attached hydrogen (secondary N) is 2. The molecule has 6 nitrogen and oxygen atoms in total. The molecule has 0 atom stereocenters. The number of aliphatic imine (C=N–C) groups is 1. The topological polar surface area (TPSA) is 79.8 Å². The maximum Gasteiger partial charge on any atom is 0.418 e. The van der Waals surface area contributed by atoms with Crippen LogP contribution in [0.3, 0.4) is 0 Å². The van der Waals surface area contributed by atoms with Gasteiger partial charge < -0.3 is 15.4 Å². The third kappa shape index (κ3) is 7.00. The number of halogens is 4. The number of esters is 1. The Hall–Kier alpha value is -2.98. The number of ether oxygens (including phenoxy) is 1. The number of alkyl halides is 3. The molecule has 0 saturated heterocycles. The maximum atomic E-state index is 13.3. The molecule has 174 valence electrons. The molecule has 2 N–H and O–H groups in total. The molecular weight excluding hydrogens is 479 g/mol. The molecule has 1 aliphatic heterocycles. The third-order valence-corrected chi connectivity index (χ3v) is 5.43. The van der Waals surface area contributed by atoms with Crippen LogP contribution in [0.5, 0.6) is 0 Å². The first-order chi connectivity index (χ1) is 15.7. The van der Waals surface area contributed by atoms with Crippen molar-refractivity contribution in [2.45, 2.75) is 19.5 Å². The highest BCUT2D eigenvalue weighted by molar-refractivity contribution is 8.14. The number of benzene rings is 2. The van der Waals surface area contributed by atoms with Crippen LogP contribution in [0.1, 0.15) is 18.9 Å². The molecule has 3 rings (SSSR count). The molecular formula is C22H19ClF3N3O3S. The molecule has 33 heavy (non-hydrogen) atoms. The van der Waals surface area contributed by atoms with Gasteiger partial charge in [-0.1, -0.05) is 35.5 Å². The molecule has 0 fully saturated rings. The van der Waals surface area contributed by atoms with Crippen LogP contribution in [0.25, 0.3) is 0 Å². The number of carbonyl (C=O) groups excluding carboxylic acids is 2. The Bertz CT molecular complexity index is 1120. The van der Waals surface area contributed by atoms with Gasteiger partial charge in [-0.15, -0.1) is 0 Å². The van der Waals surface area contributed by atoms with Gasteiger partial charge in [-0.3, -0.25) is 9.59 Å². The molecule has 1 aliphatic rings. The first-order valence-electron chi connectivity index (χ1n) is 9.76. The number of para-hydroxylation sites is 2. The van der Waals surface area contributed by atoms with E-state index in [4.69, 9.17) is 16.3 Å². The highest BCUT2D eigenvalue weighted by atomic mass is 35.5.